The number of methoxy groups -OCH3 is 1. The van der Waals surface area contributed by atoms with Gasteiger partial charge in [0, 0.05) is 6.42 Å². The van der Waals surface area contributed by atoms with Crippen molar-refractivity contribution in [2.45, 2.75) is 6.42 Å². The second-order valence-electron chi connectivity index (χ2n) is 2.60. The van der Waals surface area contributed by atoms with Crippen molar-refractivity contribution in [3.63, 3.8) is 0 Å². The molecule has 0 fully saturated rings. The lowest BCUT2D eigenvalue weighted by atomic mass is 10.3. The number of ether oxygens (including phenoxy) is 2. The quantitative estimate of drug-likeness (QED) is 0.608. The van der Waals surface area contributed by atoms with Crippen molar-refractivity contribution in [2.24, 2.45) is 0 Å². The number of hydrogen-bond acceptors (Lipinski definition) is 2. The zero-order chi connectivity index (χ0) is 10.4. The maximum absolute atomic E-state index is 5.43. The van der Waals surface area contributed by atoms with Crippen molar-refractivity contribution in [1.82, 2.24) is 0 Å². The third-order valence-electron chi connectivity index (χ3n) is 1.64. The molecule has 0 aromatic heterocycles. The molecule has 74 valence electrons. The average molecular weight is 255 g/mol. The molecule has 0 heterocycles. The van der Waals surface area contributed by atoms with Crippen molar-refractivity contribution < 1.29 is 9.47 Å². The molecule has 0 bridgehead atoms. The number of terminal acetylenes is 1. The maximum Gasteiger partial charge on any atom is 0.133 e. The van der Waals surface area contributed by atoms with E-state index in [-0.39, 0.29) is 0 Å². The highest BCUT2D eigenvalue weighted by Gasteiger charge is 2.01. The summed E-state index contributed by atoms with van der Waals surface area (Å²) in [5.74, 6) is 4.09. The summed E-state index contributed by atoms with van der Waals surface area (Å²) in [5, 5.41) is 0. The molecule has 3 heteroatoms. The molecule has 0 aliphatic rings. The Labute approximate surface area is 92.3 Å². The summed E-state index contributed by atoms with van der Waals surface area (Å²) in [6, 6.07) is 5.54. The fourth-order valence-electron chi connectivity index (χ4n) is 0.946. The predicted octanol–water partition coefficient (Wildman–Crippen LogP) is 2.86. The van der Waals surface area contributed by atoms with Gasteiger partial charge in [-0.15, -0.1) is 12.3 Å². The van der Waals surface area contributed by atoms with Gasteiger partial charge in [0.15, 0.2) is 0 Å². The molecule has 0 aliphatic carbocycles. The Hall–Kier alpha value is -1.14. The second-order valence-corrected chi connectivity index (χ2v) is 3.45. The highest BCUT2D eigenvalue weighted by molar-refractivity contribution is 9.10. The molecule has 1 aromatic carbocycles. The highest BCUT2D eigenvalue weighted by atomic mass is 79.9. The van der Waals surface area contributed by atoms with Gasteiger partial charge in [-0.1, -0.05) is 0 Å². The molecule has 2 nitrogen and oxygen atoms in total. The summed E-state index contributed by atoms with van der Waals surface area (Å²) >= 11 is 3.38. The monoisotopic (exact) mass is 254 g/mol. The van der Waals surface area contributed by atoms with Crippen LogP contribution in [0.15, 0.2) is 22.7 Å². The molecule has 0 amide bonds. The van der Waals surface area contributed by atoms with Gasteiger partial charge in [-0.05, 0) is 34.1 Å². The van der Waals surface area contributed by atoms with Gasteiger partial charge in [-0.3, -0.25) is 0 Å². The van der Waals surface area contributed by atoms with E-state index in [1.165, 1.54) is 0 Å². The third-order valence-corrected chi connectivity index (χ3v) is 2.26. The standard InChI is InChI=1S/C11H11BrO2/c1-3-4-7-14-11-6-5-9(13-2)8-10(11)12/h1,5-6,8H,4,7H2,2H3. The van der Waals surface area contributed by atoms with Gasteiger partial charge in [-0.25, -0.2) is 0 Å². The summed E-state index contributed by atoms with van der Waals surface area (Å²) in [4.78, 5) is 0. The van der Waals surface area contributed by atoms with E-state index in [0.29, 0.717) is 13.0 Å². The van der Waals surface area contributed by atoms with Crippen molar-refractivity contribution in [3.8, 4) is 23.8 Å². The van der Waals surface area contributed by atoms with Gasteiger partial charge < -0.3 is 9.47 Å². The molecule has 0 atom stereocenters. The summed E-state index contributed by atoms with van der Waals surface area (Å²) in [6.07, 6.45) is 5.72. The molecule has 0 saturated carbocycles. The van der Waals surface area contributed by atoms with E-state index >= 15 is 0 Å². The molecule has 0 radical (unpaired) electrons. The first-order valence-corrected chi connectivity index (χ1v) is 4.97. The lowest BCUT2D eigenvalue weighted by molar-refractivity contribution is 0.324. The smallest absolute Gasteiger partial charge is 0.133 e. The Kier molecular flexibility index (Phi) is 4.34. The zero-order valence-corrected chi connectivity index (χ0v) is 9.50. The first kappa shape index (κ1) is 10.9. The van der Waals surface area contributed by atoms with E-state index in [2.05, 4.69) is 21.9 Å². The van der Waals surface area contributed by atoms with Crippen LogP contribution in [0.25, 0.3) is 0 Å². The fraction of sp³-hybridized carbons (Fsp3) is 0.273. The number of hydrogen-bond donors (Lipinski definition) is 0. The van der Waals surface area contributed by atoms with Gasteiger partial charge in [-0.2, -0.15) is 0 Å². The van der Waals surface area contributed by atoms with Gasteiger partial charge in [0.1, 0.15) is 11.5 Å². The Morgan fingerprint density at radius 2 is 2.29 bits per heavy atom. The molecule has 0 unspecified atom stereocenters. The number of halogens is 1. The molecular formula is C11H11BrO2. The predicted molar refractivity (Wildman–Crippen MR) is 59.6 cm³/mol. The molecular weight excluding hydrogens is 244 g/mol. The van der Waals surface area contributed by atoms with E-state index in [9.17, 15) is 0 Å². The summed E-state index contributed by atoms with van der Waals surface area (Å²) in [6.45, 7) is 0.529. The molecule has 1 rings (SSSR count). The van der Waals surface area contributed by atoms with Crippen molar-refractivity contribution in [1.29, 1.82) is 0 Å². The van der Waals surface area contributed by atoms with Gasteiger partial charge in [0.05, 0.1) is 18.2 Å². The van der Waals surface area contributed by atoms with E-state index in [1.54, 1.807) is 7.11 Å². The van der Waals surface area contributed by atoms with Crippen LogP contribution in [0.1, 0.15) is 6.42 Å². The van der Waals surface area contributed by atoms with E-state index in [0.717, 1.165) is 16.0 Å². The van der Waals surface area contributed by atoms with Crippen LogP contribution >= 0.6 is 15.9 Å². The van der Waals surface area contributed by atoms with Crippen LogP contribution in [-0.2, 0) is 0 Å². The highest BCUT2D eigenvalue weighted by Crippen LogP contribution is 2.28. The molecule has 0 aliphatic heterocycles. The largest absolute Gasteiger partial charge is 0.497 e. The molecule has 14 heavy (non-hydrogen) atoms. The first-order chi connectivity index (χ1) is 6.77. The van der Waals surface area contributed by atoms with Crippen LogP contribution in [0.3, 0.4) is 0 Å². The molecule has 0 saturated heterocycles. The Morgan fingerprint density at radius 3 is 2.86 bits per heavy atom. The van der Waals surface area contributed by atoms with Gasteiger partial charge >= 0.3 is 0 Å². The fourth-order valence-corrected chi connectivity index (χ4v) is 1.42. The Morgan fingerprint density at radius 1 is 1.50 bits per heavy atom. The summed E-state index contributed by atoms with van der Waals surface area (Å²) in [7, 11) is 1.63. The lowest BCUT2D eigenvalue weighted by Crippen LogP contribution is -1.96. The minimum absolute atomic E-state index is 0.529. The van der Waals surface area contributed by atoms with Crippen LogP contribution in [-0.4, -0.2) is 13.7 Å². The van der Waals surface area contributed by atoms with Crippen LogP contribution in [0.5, 0.6) is 11.5 Å². The normalized spacial score (nSPS) is 9.21. The van der Waals surface area contributed by atoms with Gasteiger partial charge in [0.2, 0.25) is 0 Å². The van der Waals surface area contributed by atoms with Crippen LogP contribution in [0, 0.1) is 12.3 Å². The number of benzene rings is 1. The minimum Gasteiger partial charge on any atom is -0.497 e. The second kappa shape index (κ2) is 5.56. The van der Waals surface area contributed by atoms with Gasteiger partial charge in [0.25, 0.3) is 0 Å². The van der Waals surface area contributed by atoms with Crippen LogP contribution < -0.4 is 9.47 Å². The van der Waals surface area contributed by atoms with Crippen molar-refractivity contribution >= 4 is 15.9 Å². The molecule has 1 aromatic rings. The lowest BCUT2D eigenvalue weighted by Gasteiger charge is -2.07. The van der Waals surface area contributed by atoms with Crippen molar-refractivity contribution in [3.05, 3.63) is 22.7 Å². The SMILES string of the molecule is C#CCCOc1ccc(OC)cc1Br. The average Bonchev–Trinajstić information content (AvgIpc) is 2.20. The van der Waals surface area contributed by atoms with Crippen LogP contribution in [0.4, 0.5) is 0 Å². The topological polar surface area (TPSA) is 18.5 Å². The Balaban J connectivity index is 2.65. The Bertz CT molecular complexity index is 342. The summed E-state index contributed by atoms with van der Waals surface area (Å²) < 4.78 is 11.4. The zero-order valence-electron chi connectivity index (χ0n) is 7.92. The summed E-state index contributed by atoms with van der Waals surface area (Å²) in [5.41, 5.74) is 0. The number of rotatable bonds is 4. The molecule has 0 N–H and O–H groups in total. The van der Waals surface area contributed by atoms with Crippen LogP contribution in [0.2, 0.25) is 0 Å². The van der Waals surface area contributed by atoms with E-state index in [4.69, 9.17) is 15.9 Å². The first-order valence-electron chi connectivity index (χ1n) is 4.17. The van der Waals surface area contributed by atoms with E-state index < -0.39 is 0 Å². The van der Waals surface area contributed by atoms with E-state index in [1.807, 2.05) is 18.2 Å². The third kappa shape index (κ3) is 2.97. The van der Waals surface area contributed by atoms with Crippen molar-refractivity contribution in [2.75, 3.05) is 13.7 Å². The maximum atomic E-state index is 5.43. The minimum atomic E-state index is 0.529. The molecule has 0 spiro atoms.